The standard InChI is InChI=1S/C15H20N2/c1-2-15(9-12-6-7-12)17-11-14-5-3-4-13(8-14)10-16/h3-5,8,12,15,17H,2,6-7,9,11H2,1H3. The molecule has 1 aliphatic carbocycles. The molecule has 1 saturated carbocycles. The number of nitrogens with zero attached hydrogens (tertiary/aromatic N) is 1. The second-order valence-corrected chi connectivity index (χ2v) is 4.98. The SMILES string of the molecule is CCC(CC1CC1)NCc1cccc(C#N)c1. The Morgan fingerprint density at radius 3 is 2.94 bits per heavy atom. The summed E-state index contributed by atoms with van der Waals surface area (Å²) in [5.41, 5.74) is 1.96. The van der Waals surface area contributed by atoms with E-state index in [0.29, 0.717) is 6.04 Å². The predicted octanol–water partition coefficient (Wildman–Crippen LogP) is 3.23. The normalized spacial score (nSPS) is 16.5. The molecule has 1 aromatic rings. The van der Waals surface area contributed by atoms with Crippen molar-refractivity contribution in [3.8, 4) is 6.07 Å². The van der Waals surface area contributed by atoms with Crippen LogP contribution in [-0.4, -0.2) is 6.04 Å². The highest BCUT2D eigenvalue weighted by Crippen LogP contribution is 2.34. The van der Waals surface area contributed by atoms with Crippen molar-refractivity contribution >= 4 is 0 Å². The van der Waals surface area contributed by atoms with Gasteiger partial charge in [0.15, 0.2) is 0 Å². The van der Waals surface area contributed by atoms with Crippen LogP contribution in [0.5, 0.6) is 0 Å². The molecule has 0 aliphatic heterocycles. The first-order valence-electron chi connectivity index (χ1n) is 6.54. The first-order valence-corrected chi connectivity index (χ1v) is 6.54. The third-order valence-corrected chi connectivity index (χ3v) is 3.46. The Hall–Kier alpha value is -1.33. The van der Waals surface area contributed by atoms with Crippen LogP contribution in [0.1, 0.15) is 43.7 Å². The molecule has 2 rings (SSSR count). The molecule has 0 aromatic heterocycles. The van der Waals surface area contributed by atoms with Crippen LogP contribution in [0.4, 0.5) is 0 Å². The highest BCUT2D eigenvalue weighted by molar-refractivity contribution is 5.32. The molecule has 2 heteroatoms. The molecule has 0 radical (unpaired) electrons. The molecule has 90 valence electrons. The fraction of sp³-hybridized carbons (Fsp3) is 0.533. The fourth-order valence-electron chi connectivity index (χ4n) is 2.16. The van der Waals surface area contributed by atoms with Crippen molar-refractivity contribution in [2.75, 3.05) is 0 Å². The zero-order valence-corrected chi connectivity index (χ0v) is 10.4. The average Bonchev–Trinajstić information content (AvgIpc) is 3.18. The van der Waals surface area contributed by atoms with Gasteiger partial charge in [-0.3, -0.25) is 0 Å². The quantitative estimate of drug-likeness (QED) is 0.811. The van der Waals surface area contributed by atoms with Gasteiger partial charge in [0.2, 0.25) is 0 Å². The molecule has 1 atom stereocenters. The van der Waals surface area contributed by atoms with E-state index in [1.165, 1.54) is 31.2 Å². The van der Waals surface area contributed by atoms with Gasteiger partial charge in [-0.2, -0.15) is 5.26 Å². The third kappa shape index (κ3) is 3.87. The number of nitrogens with one attached hydrogen (secondary N) is 1. The van der Waals surface area contributed by atoms with E-state index in [0.717, 1.165) is 18.0 Å². The van der Waals surface area contributed by atoms with Crippen LogP contribution in [0.2, 0.25) is 0 Å². The van der Waals surface area contributed by atoms with Crippen LogP contribution >= 0.6 is 0 Å². The van der Waals surface area contributed by atoms with Crippen molar-refractivity contribution in [2.45, 2.75) is 45.2 Å². The van der Waals surface area contributed by atoms with Gasteiger partial charge in [-0.05, 0) is 36.5 Å². The number of hydrogen-bond donors (Lipinski definition) is 1. The van der Waals surface area contributed by atoms with Crippen molar-refractivity contribution in [2.24, 2.45) is 5.92 Å². The molecule has 0 spiro atoms. The highest BCUT2D eigenvalue weighted by atomic mass is 14.9. The molecular weight excluding hydrogens is 208 g/mol. The maximum atomic E-state index is 8.84. The lowest BCUT2D eigenvalue weighted by molar-refractivity contribution is 0.445. The third-order valence-electron chi connectivity index (χ3n) is 3.46. The summed E-state index contributed by atoms with van der Waals surface area (Å²) in [5.74, 6) is 0.970. The number of rotatable bonds is 6. The number of hydrogen-bond acceptors (Lipinski definition) is 2. The lowest BCUT2D eigenvalue weighted by atomic mass is 10.1. The summed E-state index contributed by atoms with van der Waals surface area (Å²) in [6.45, 7) is 3.12. The van der Waals surface area contributed by atoms with Crippen molar-refractivity contribution < 1.29 is 0 Å². The maximum absolute atomic E-state index is 8.84. The van der Waals surface area contributed by atoms with Gasteiger partial charge < -0.3 is 5.32 Å². The molecule has 17 heavy (non-hydrogen) atoms. The Morgan fingerprint density at radius 1 is 1.47 bits per heavy atom. The van der Waals surface area contributed by atoms with Crippen LogP contribution in [0.25, 0.3) is 0 Å². The van der Waals surface area contributed by atoms with E-state index in [9.17, 15) is 0 Å². The van der Waals surface area contributed by atoms with Crippen molar-refractivity contribution in [3.63, 3.8) is 0 Å². The minimum absolute atomic E-state index is 0.633. The van der Waals surface area contributed by atoms with Gasteiger partial charge in [0.25, 0.3) is 0 Å². The predicted molar refractivity (Wildman–Crippen MR) is 69.4 cm³/mol. The Labute approximate surface area is 104 Å². The summed E-state index contributed by atoms with van der Waals surface area (Å²) in [4.78, 5) is 0. The van der Waals surface area contributed by atoms with Crippen LogP contribution in [0.15, 0.2) is 24.3 Å². The van der Waals surface area contributed by atoms with Crippen molar-refractivity contribution in [1.82, 2.24) is 5.32 Å². The number of benzene rings is 1. The molecule has 1 aromatic carbocycles. The fourth-order valence-corrected chi connectivity index (χ4v) is 2.16. The Morgan fingerprint density at radius 2 is 2.29 bits per heavy atom. The Balaban J connectivity index is 1.84. The van der Waals surface area contributed by atoms with E-state index in [4.69, 9.17) is 5.26 Å². The summed E-state index contributed by atoms with van der Waals surface area (Å²) in [5, 5.41) is 12.4. The molecule has 0 heterocycles. The lowest BCUT2D eigenvalue weighted by Gasteiger charge is -2.16. The second kappa shape index (κ2) is 5.84. The smallest absolute Gasteiger partial charge is 0.0991 e. The highest BCUT2D eigenvalue weighted by Gasteiger charge is 2.24. The van der Waals surface area contributed by atoms with Gasteiger partial charge in [-0.25, -0.2) is 0 Å². The lowest BCUT2D eigenvalue weighted by Crippen LogP contribution is -2.28. The largest absolute Gasteiger partial charge is 0.310 e. The molecule has 1 aliphatic rings. The summed E-state index contributed by atoms with van der Waals surface area (Å²) in [6.07, 6.45) is 5.34. The van der Waals surface area contributed by atoms with E-state index in [1.807, 2.05) is 18.2 Å². The maximum Gasteiger partial charge on any atom is 0.0991 e. The Bertz CT molecular complexity index is 402. The van der Waals surface area contributed by atoms with Gasteiger partial charge in [0.1, 0.15) is 0 Å². The summed E-state index contributed by atoms with van der Waals surface area (Å²) < 4.78 is 0. The van der Waals surface area contributed by atoms with Crippen LogP contribution < -0.4 is 5.32 Å². The molecule has 1 N–H and O–H groups in total. The van der Waals surface area contributed by atoms with Gasteiger partial charge in [0.05, 0.1) is 11.6 Å². The molecule has 0 saturated heterocycles. The van der Waals surface area contributed by atoms with E-state index in [-0.39, 0.29) is 0 Å². The summed E-state index contributed by atoms with van der Waals surface area (Å²) in [6, 6.07) is 10.7. The van der Waals surface area contributed by atoms with E-state index in [1.54, 1.807) is 0 Å². The summed E-state index contributed by atoms with van der Waals surface area (Å²) >= 11 is 0. The van der Waals surface area contributed by atoms with Crippen LogP contribution in [-0.2, 0) is 6.54 Å². The minimum atomic E-state index is 0.633. The van der Waals surface area contributed by atoms with E-state index >= 15 is 0 Å². The molecule has 2 nitrogen and oxygen atoms in total. The zero-order valence-electron chi connectivity index (χ0n) is 10.4. The van der Waals surface area contributed by atoms with Crippen LogP contribution in [0.3, 0.4) is 0 Å². The summed E-state index contributed by atoms with van der Waals surface area (Å²) in [7, 11) is 0. The van der Waals surface area contributed by atoms with Gasteiger partial charge in [0, 0.05) is 12.6 Å². The van der Waals surface area contributed by atoms with Crippen molar-refractivity contribution in [1.29, 1.82) is 5.26 Å². The first-order chi connectivity index (χ1) is 8.31. The zero-order chi connectivity index (χ0) is 12.1. The van der Waals surface area contributed by atoms with Gasteiger partial charge >= 0.3 is 0 Å². The molecule has 0 bridgehead atoms. The topological polar surface area (TPSA) is 35.8 Å². The number of nitriles is 1. The average molecular weight is 228 g/mol. The molecule has 1 unspecified atom stereocenters. The van der Waals surface area contributed by atoms with E-state index in [2.05, 4.69) is 24.4 Å². The minimum Gasteiger partial charge on any atom is -0.310 e. The van der Waals surface area contributed by atoms with Crippen LogP contribution in [0, 0.1) is 17.2 Å². The van der Waals surface area contributed by atoms with Gasteiger partial charge in [-0.15, -0.1) is 0 Å². The molecule has 0 amide bonds. The second-order valence-electron chi connectivity index (χ2n) is 4.98. The monoisotopic (exact) mass is 228 g/mol. The van der Waals surface area contributed by atoms with Crippen molar-refractivity contribution in [3.05, 3.63) is 35.4 Å². The first kappa shape index (κ1) is 12.1. The molecule has 1 fully saturated rings. The Kier molecular flexibility index (Phi) is 4.17. The van der Waals surface area contributed by atoms with E-state index < -0.39 is 0 Å². The van der Waals surface area contributed by atoms with Gasteiger partial charge in [-0.1, -0.05) is 31.9 Å². The molecular formula is C15H20N2.